The minimum atomic E-state index is -0.992. The summed E-state index contributed by atoms with van der Waals surface area (Å²) in [6, 6.07) is 13.9. The topological polar surface area (TPSA) is 59.4 Å². The van der Waals surface area contributed by atoms with Crippen molar-refractivity contribution in [3.8, 4) is 16.9 Å². The summed E-state index contributed by atoms with van der Waals surface area (Å²) < 4.78 is 5.48. The lowest BCUT2D eigenvalue weighted by Crippen LogP contribution is -2.22. The number of fused-ring (bicyclic) bond motifs is 1. The van der Waals surface area contributed by atoms with E-state index < -0.39 is 12.1 Å². The van der Waals surface area contributed by atoms with E-state index in [1.54, 1.807) is 12.1 Å². The van der Waals surface area contributed by atoms with Crippen LogP contribution >= 0.6 is 0 Å². The number of aliphatic carboxylic acids is 1. The largest absolute Gasteiger partial charge is 0.479 e. The smallest absolute Gasteiger partial charge is 0.344 e. The second-order valence-corrected chi connectivity index (χ2v) is 6.36. The molecule has 4 nitrogen and oxygen atoms in total. The molecule has 0 radical (unpaired) electrons. The van der Waals surface area contributed by atoms with E-state index >= 15 is 0 Å². The molecule has 3 rings (SSSR count). The lowest BCUT2D eigenvalue weighted by atomic mass is 9.93. The molecule has 0 unspecified atom stereocenters. The number of nitrogens with zero attached hydrogens (tertiary/aromatic N) is 1. The van der Waals surface area contributed by atoms with Crippen molar-refractivity contribution in [3.63, 3.8) is 0 Å². The van der Waals surface area contributed by atoms with Gasteiger partial charge in [0.2, 0.25) is 0 Å². The van der Waals surface area contributed by atoms with Crippen LogP contribution in [0.2, 0.25) is 0 Å². The first-order valence-corrected chi connectivity index (χ1v) is 8.24. The molecule has 1 N–H and O–H groups in total. The van der Waals surface area contributed by atoms with Crippen molar-refractivity contribution in [2.45, 2.75) is 33.8 Å². The molecule has 0 saturated carbocycles. The van der Waals surface area contributed by atoms with Crippen molar-refractivity contribution < 1.29 is 14.6 Å². The zero-order valence-corrected chi connectivity index (χ0v) is 14.8. The van der Waals surface area contributed by atoms with Crippen molar-refractivity contribution in [1.82, 2.24) is 4.98 Å². The van der Waals surface area contributed by atoms with Gasteiger partial charge in [-0.25, -0.2) is 4.79 Å². The highest BCUT2D eigenvalue weighted by Crippen LogP contribution is 2.34. The lowest BCUT2D eigenvalue weighted by Gasteiger charge is -2.15. The van der Waals surface area contributed by atoms with E-state index in [0.29, 0.717) is 5.75 Å². The Morgan fingerprint density at radius 3 is 2.40 bits per heavy atom. The fourth-order valence-electron chi connectivity index (χ4n) is 3.11. The number of aryl methyl sites for hydroxylation is 3. The van der Waals surface area contributed by atoms with Crippen LogP contribution in [0.15, 0.2) is 42.5 Å². The Morgan fingerprint density at radius 1 is 1.08 bits per heavy atom. The highest BCUT2D eigenvalue weighted by atomic mass is 16.5. The third-order valence-electron chi connectivity index (χ3n) is 4.32. The summed E-state index contributed by atoms with van der Waals surface area (Å²) in [5.74, 6) is -0.485. The molecule has 0 spiro atoms. The van der Waals surface area contributed by atoms with Crippen LogP contribution < -0.4 is 4.74 Å². The number of hydrogen-bond donors (Lipinski definition) is 1. The molecular weight excluding hydrogens is 314 g/mol. The summed E-state index contributed by atoms with van der Waals surface area (Å²) in [5.41, 5.74) is 6.49. The monoisotopic (exact) mass is 335 g/mol. The van der Waals surface area contributed by atoms with Crippen LogP contribution in [0.4, 0.5) is 0 Å². The molecular formula is C21H21NO3. The number of carbonyl (C=O) groups is 1. The summed E-state index contributed by atoms with van der Waals surface area (Å²) >= 11 is 0. The van der Waals surface area contributed by atoms with Gasteiger partial charge >= 0.3 is 5.97 Å². The molecule has 1 heterocycles. The Bertz CT molecular complexity index is 943. The van der Waals surface area contributed by atoms with Crippen LogP contribution in [0.1, 0.15) is 23.7 Å². The molecule has 128 valence electrons. The van der Waals surface area contributed by atoms with Gasteiger partial charge in [-0.3, -0.25) is 4.98 Å². The first kappa shape index (κ1) is 17.0. The van der Waals surface area contributed by atoms with E-state index in [2.05, 4.69) is 43.1 Å². The highest BCUT2D eigenvalue weighted by Gasteiger charge is 2.15. The summed E-state index contributed by atoms with van der Waals surface area (Å²) in [5, 5.41) is 10.0. The maximum atomic E-state index is 11.0. The third kappa shape index (κ3) is 3.33. The van der Waals surface area contributed by atoms with Crippen LogP contribution in [0.5, 0.6) is 5.75 Å². The molecule has 3 aromatic rings. The second kappa shape index (κ2) is 6.55. The predicted octanol–water partition coefficient (Wildman–Crippen LogP) is 4.68. The van der Waals surface area contributed by atoms with E-state index in [1.807, 2.05) is 13.0 Å². The van der Waals surface area contributed by atoms with Crippen molar-refractivity contribution in [1.29, 1.82) is 0 Å². The minimum absolute atomic E-state index is 0.507. The molecule has 0 aliphatic rings. The average molecular weight is 335 g/mol. The van der Waals surface area contributed by atoms with Gasteiger partial charge in [-0.2, -0.15) is 0 Å². The molecule has 0 amide bonds. The summed E-state index contributed by atoms with van der Waals surface area (Å²) in [6.45, 7) is 7.69. The number of aromatic nitrogens is 1. The first-order valence-electron chi connectivity index (χ1n) is 8.24. The number of rotatable bonds is 4. The van der Waals surface area contributed by atoms with Gasteiger partial charge in [0.25, 0.3) is 0 Å². The standard InChI is InChI=1S/C21H21NO3/c1-12-6-5-7-13(2)20(12)18-10-14(3)22-19-11-16(8-9-17(18)19)25-15(4)21(23)24/h5-11,15H,1-4H3,(H,23,24)/t15-/m1/s1. The minimum Gasteiger partial charge on any atom is -0.479 e. The van der Waals surface area contributed by atoms with E-state index in [1.165, 1.54) is 23.6 Å². The van der Waals surface area contributed by atoms with E-state index in [-0.39, 0.29) is 0 Å². The highest BCUT2D eigenvalue weighted by molar-refractivity contribution is 5.97. The second-order valence-electron chi connectivity index (χ2n) is 6.36. The van der Waals surface area contributed by atoms with Gasteiger partial charge in [0.05, 0.1) is 5.52 Å². The van der Waals surface area contributed by atoms with Crippen LogP contribution in [0, 0.1) is 20.8 Å². The van der Waals surface area contributed by atoms with Gasteiger partial charge < -0.3 is 9.84 Å². The predicted molar refractivity (Wildman–Crippen MR) is 99.1 cm³/mol. The molecule has 25 heavy (non-hydrogen) atoms. The molecule has 0 aliphatic heterocycles. The SMILES string of the molecule is Cc1cc(-c2c(C)cccc2C)c2ccc(O[C@H](C)C(=O)O)cc2n1. The quantitative estimate of drug-likeness (QED) is 0.752. The number of ether oxygens (including phenoxy) is 1. The van der Waals surface area contributed by atoms with Crippen LogP contribution in [-0.4, -0.2) is 22.2 Å². The fraction of sp³-hybridized carbons (Fsp3) is 0.238. The summed E-state index contributed by atoms with van der Waals surface area (Å²) in [6.07, 6.45) is -0.902. The van der Waals surface area contributed by atoms with Gasteiger partial charge in [-0.15, -0.1) is 0 Å². The Kier molecular flexibility index (Phi) is 4.45. The van der Waals surface area contributed by atoms with Gasteiger partial charge in [0.1, 0.15) is 5.75 Å². The molecule has 0 bridgehead atoms. The van der Waals surface area contributed by atoms with Crippen molar-refractivity contribution in [2.75, 3.05) is 0 Å². The van der Waals surface area contributed by atoms with Gasteiger partial charge in [0.15, 0.2) is 6.10 Å². The average Bonchev–Trinajstić information content (AvgIpc) is 2.54. The summed E-state index contributed by atoms with van der Waals surface area (Å²) in [7, 11) is 0. The van der Waals surface area contributed by atoms with Crippen LogP contribution in [0.25, 0.3) is 22.0 Å². The van der Waals surface area contributed by atoms with Gasteiger partial charge in [-0.1, -0.05) is 18.2 Å². The Morgan fingerprint density at radius 2 is 1.76 bits per heavy atom. The fourth-order valence-corrected chi connectivity index (χ4v) is 3.11. The number of carboxylic acids is 1. The molecule has 4 heteroatoms. The maximum absolute atomic E-state index is 11.0. The number of pyridine rings is 1. The van der Waals surface area contributed by atoms with E-state index in [0.717, 1.165) is 22.2 Å². The van der Waals surface area contributed by atoms with Gasteiger partial charge in [0, 0.05) is 17.1 Å². The maximum Gasteiger partial charge on any atom is 0.344 e. The molecule has 0 saturated heterocycles. The molecule has 0 aliphatic carbocycles. The zero-order valence-electron chi connectivity index (χ0n) is 14.8. The van der Waals surface area contributed by atoms with Crippen molar-refractivity contribution in [3.05, 3.63) is 59.3 Å². The molecule has 1 aromatic heterocycles. The van der Waals surface area contributed by atoms with Crippen molar-refractivity contribution in [2.24, 2.45) is 0 Å². The molecule has 1 atom stereocenters. The Hall–Kier alpha value is -2.88. The van der Waals surface area contributed by atoms with Crippen LogP contribution in [0.3, 0.4) is 0 Å². The van der Waals surface area contributed by atoms with Crippen molar-refractivity contribution >= 4 is 16.9 Å². The Balaban J connectivity index is 2.17. The number of benzene rings is 2. The number of carboxylic acid groups (broad SMARTS) is 1. The molecule has 0 fully saturated rings. The van der Waals surface area contributed by atoms with E-state index in [4.69, 9.17) is 9.84 Å². The third-order valence-corrected chi connectivity index (χ3v) is 4.32. The number of hydrogen-bond acceptors (Lipinski definition) is 3. The molecule has 2 aromatic carbocycles. The lowest BCUT2D eigenvalue weighted by molar-refractivity contribution is -0.144. The zero-order chi connectivity index (χ0) is 18.1. The first-order chi connectivity index (χ1) is 11.9. The summed E-state index contributed by atoms with van der Waals surface area (Å²) in [4.78, 5) is 15.6. The Labute approximate surface area is 147 Å². The van der Waals surface area contributed by atoms with E-state index in [9.17, 15) is 4.79 Å². The van der Waals surface area contributed by atoms with Crippen LogP contribution in [-0.2, 0) is 4.79 Å². The normalized spacial score (nSPS) is 12.2. The van der Waals surface area contributed by atoms with Gasteiger partial charge in [-0.05, 0) is 68.1 Å².